The fraction of sp³-hybridized carbons (Fsp3) is 0.857. The van der Waals surface area contributed by atoms with Gasteiger partial charge in [-0.1, -0.05) is 0 Å². The minimum Gasteiger partial charge on any atom is -0.465 e. The zero-order chi connectivity index (χ0) is 14.6. The van der Waals surface area contributed by atoms with Gasteiger partial charge >= 0.3 is 11.9 Å². The molecule has 0 aliphatic carbocycles. The van der Waals surface area contributed by atoms with Crippen molar-refractivity contribution in [2.45, 2.75) is 45.3 Å². The standard InChI is InChI=1S/C14H22O6/c1-3-17-11(15)13(12(16)18-4-2)7-9-20-14(10-13)6-5-8-19-14/h3-10H2,1-2H3/t14-/m1/s1. The number of hydrogen-bond acceptors (Lipinski definition) is 6. The number of rotatable bonds is 4. The first kappa shape index (κ1) is 15.3. The molecule has 0 aromatic carbocycles. The third-order valence-electron chi connectivity index (χ3n) is 3.86. The van der Waals surface area contributed by atoms with E-state index in [1.807, 2.05) is 0 Å². The van der Waals surface area contributed by atoms with E-state index in [1.54, 1.807) is 13.8 Å². The Morgan fingerprint density at radius 3 is 2.10 bits per heavy atom. The second-order valence-corrected chi connectivity index (χ2v) is 5.16. The molecule has 2 heterocycles. The lowest BCUT2D eigenvalue weighted by Gasteiger charge is -2.42. The van der Waals surface area contributed by atoms with Crippen molar-refractivity contribution in [3.63, 3.8) is 0 Å². The predicted molar refractivity (Wildman–Crippen MR) is 68.8 cm³/mol. The summed E-state index contributed by atoms with van der Waals surface area (Å²) in [5, 5.41) is 0. The highest BCUT2D eigenvalue weighted by Crippen LogP contribution is 2.46. The molecule has 20 heavy (non-hydrogen) atoms. The monoisotopic (exact) mass is 286 g/mol. The van der Waals surface area contributed by atoms with Gasteiger partial charge in [-0.25, -0.2) is 0 Å². The summed E-state index contributed by atoms with van der Waals surface area (Å²) in [6, 6.07) is 0. The average molecular weight is 286 g/mol. The van der Waals surface area contributed by atoms with Crippen LogP contribution >= 0.6 is 0 Å². The van der Waals surface area contributed by atoms with E-state index in [-0.39, 0.29) is 32.7 Å². The maximum Gasteiger partial charge on any atom is 0.323 e. The number of carbonyl (C=O) groups excluding carboxylic acids is 2. The molecule has 0 unspecified atom stereocenters. The average Bonchev–Trinajstić information content (AvgIpc) is 2.87. The van der Waals surface area contributed by atoms with Crippen LogP contribution < -0.4 is 0 Å². The maximum absolute atomic E-state index is 12.3. The number of carbonyl (C=O) groups is 2. The van der Waals surface area contributed by atoms with E-state index < -0.39 is 23.1 Å². The van der Waals surface area contributed by atoms with Crippen molar-refractivity contribution >= 4 is 11.9 Å². The van der Waals surface area contributed by atoms with Gasteiger partial charge in [-0.15, -0.1) is 0 Å². The van der Waals surface area contributed by atoms with Crippen LogP contribution in [0.1, 0.15) is 39.5 Å². The summed E-state index contributed by atoms with van der Waals surface area (Å²) in [4.78, 5) is 24.7. The Morgan fingerprint density at radius 1 is 1.00 bits per heavy atom. The molecule has 0 radical (unpaired) electrons. The molecule has 0 amide bonds. The molecule has 1 spiro atoms. The van der Waals surface area contributed by atoms with Crippen LogP contribution in [0.5, 0.6) is 0 Å². The fourth-order valence-electron chi connectivity index (χ4n) is 2.91. The van der Waals surface area contributed by atoms with Gasteiger partial charge in [0.05, 0.1) is 26.4 Å². The Hall–Kier alpha value is -1.14. The smallest absolute Gasteiger partial charge is 0.323 e. The summed E-state index contributed by atoms with van der Waals surface area (Å²) in [5.74, 6) is -1.90. The van der Waals surface area contributed by atoms with Gasteiger partial charge in [0, 0.05) is 12.8 Å². The quantitative estimate of drug-likeness (QED) is 0.575. The summed E-state index contributed by atoms with van der Waals surface area (Å²) in [7, 11) is 0. The highest BCUT2D eigenvalue weighted by atomic mass is 16.7. The van der Waals surface area contributed by atoms with Crippen molar-refractivity contribution in [3.8, 4) is 0 Å². The van der Waals surface area contributed by atoms with Crippen molar-refractivity contribution in [1.29, 1.82) is 0 Å². The molecule has 6 nitrogen and oxygen atoms in total. The van der Waals surface area contributed by atoms with Crippen LogP contribution in [0.3, 0.4) is 0 Å². The van der Waals surface area contributed by atoms with E-state index in [4.69, 9.17) is 18.9 Å². The topological polar surface area (TPSA) is 71.1 Å². The Morgan fingerprint density at radius 2 is 1.60 bits per heavy atom. The third kappa shape index (κ3) is 2.67. The fourth-order valence-corrected chi connectivity index (χ4v) is 2.91. The van der Waals surface area contributed by atoms with E-state index in [9.17, 15) is 9.59 Å². The molecular weight excluding hydrogens is 264 g/mol. The maximum atomic E-state index is 12.3. The van der Waals surface area contributed by atoms with Crippen LogP contribution in [-0.4, -0.2) is 44.2 Å². The lowest BCUT2D eigenvalue weighted by atomic mass is 9.75. The molecule has 2 aliphatic rings. The van der Waals surface area contributed by atoms with Gasteiger partial charge in [-0.2, -0.15) is 0 Å². The van der Waals surface area contributed by atoms with E-state index in [2.05, 4.69) is 0 Å². The van der Waals surface area contributed by atoms with Gasteiger partial charge in [0.25, 0.3) is 0 Å². The highest BCUT2D eigenvalue weighted by Gasteiger charge is 2.58. The van der Waals surface area contributed by atoms with E-state index in [0.717, 1.165) is 6.42 Å². The first-order valence-electron chi connectivity index (χ1n) is 7.21. The van der Waals surface area contributed by atoms with Crippen molar-refractivity contribution in [2.75, 3.05) is 26.4 Å². The SMILES string of the molecule is CCOC(=O)C1(C(=O)OCC)CCO[C@]2(CCCO2)C1. The van der Waals surface area contributed by atoms with Gasteiger partial charge in [0.1, 0.15) is 0 Å². The lowest BCUT2D eigenvalue weighted by Crippen LogP contribution is -2.53. The van der Waals surface area contributed by atoms with Crippen LogP contribution in [0.4, 0.5) is 0 Å². The zero-order valence-electron chi connectivity index (χ0n) is 12.1. The molecular formula is C14H22O6. The number of esters is 2. The molecule has 2 aliphatic heterocycles. The molecule has 6 heteroatoms. The molecule has 2 saturated heterocycles. The first-order valence-corrected chi connectivity index (χ1v) is 7.21. The minimum absolute atomic E-state index is 0.178. The van der Waals surface area contributed by atoms with Gasteiger partial charge in [0.2, 0.25) is 0 Å². The number of ether oxygens (including phenoxy) is 4. The molecule has 0 N–H and O–H groups in total. The Kier molecular flexibility index (Phi) is 4.65. The molecule has 0 saturated carbocycles. The Balaban J connectivity index is 2.25. The van der Waals surface area contributed by atoms with Crippen molar-refractivity contribution in [1.82, 2.24) is 0 Å². The molecule has 0 aromatic rings. The Bertz CT molecular complexity index is 354. The molecule has 114 valence electrons. The highest BCUT2D eigenvalue weighted by molar-refractivity contribution is 6.00. The van der Waals surface area contributed by atoms with Gasteiger partial charge in [-0.3, -0.25) is 9.59 Å². The molecule has 1 atom stereocenters. The van der Waals surface area contributed by atoms with Crippen molar-refractivity contribution in [3.05, 3.63) is 0 Å². The summed E-state index contributed by atoms with van der Waals surface area (Å²) in [6.07, 6.45) is 2.00. The zero-order valence-corrected chi connectivity index (χ0v) is 12.1. The van der Waals surface area contributed by atoms with Crippen molar-refractivity contribution in [2.24, 2.45) is 5.41 Å². The van der Waals surface area contributed by atoms with Crippen LogP contribution in [0.15, 0.2) is 0 Å². The van der Waals surface area contributed by atoms with Crippen LogP contribution in [0.2, 0.25) is 0 Å². The third-order valence-corrected chi connectivity index (χ3v) is 3.86. The van der Waals surface area contributed by atoms with E-state index in [1.165, 1.54) is 0 Å². The minimum atomic E-state index is -1.30. The summed E-state index contributed by atoms with van der Waals surface area (Å²) < 4.78 is 21.6. The first-order chi connectivity index (χ1) is 9.58. The molecule has 2 rings (SSSR count). The lowest BCUT2D eigenvalue weighted by molar-refractivity contribution is -0.259. The normalized spacial score (nSPS) is 28.3. The predicted octanol–water partition coefficient (Wildman–Crippen LogP) is 1.42. The number of hydrogen-bond donors (Lipinski definition) is 0. The van der Waals surface area contributed by atoms with E-state index in [0.29, 0.717) is 13.0 Å². The van der Waals surface area contributed by atoms with E-state index >= 15 is 0 Å². The van der Waals surface area contributed by atoms with Gasteiger partial charge < -0.3 is 18.9 Å². The van der Waals surface area contributed by atoms with Gasteiger partial charge in [-0.05, 0) is 26.7 Å². The van der Waals surface area contributed by atoms with Crippen LogP contribution in [0, 0.1) is 5.41 Å². The van der Waals surface area contributed by atoms with Crippen LogP contribution in [-0.2, 0) is 28.5 Å². The van der Waals surface area contributed by atoms with Gasteiger partial charge in [0.15, 0.2) is 11.2 Å². The molecule has 0 aromatic heterocycles. The molecule has 0 bridgehead atoms. The summed E-state index contributed by atoms with van der Waals surface area (Å²) in [6.45, 7) is 4.78. The van der Waals surface area contributed by atoms with Crippen LogP contribution in [0.25, 0.3) is 0 Å². The second kappa shape index (κ2) is 6.10. The second-order valence-electron chi connectivity index (χ2n) is 5.16. The van der Waals surface area contributed by atoms with Crippen molar-refractivity contribution < 1.29 is 28.5 Å². The summed E-state index contributed by atoms with van der Waals surface area (Å²) in [5.41, 5.74) is -1.30. The summed E-state index contributed by atoms with van der Waals surface area (Å²) >= 11 is 0. The molecule has 2 fully saturated rings. The largest absolute Gasteiger partial charge is 0.465 e. The Labute approximate surface area is 118 Å².